The minimum atomic E-state index is -0.155. The third kappa shape index (κ3) is 4.22. The molecule has 0 spiro atoms. The Labute approximate surface area is 187 Å². The molecule has 2 aromatic heterocycles. The van der Waals surface area contributed by atoms with Gasteiger partial charge in [0.1, 0.15) is 0 Å². The lowest BCUT2D eigenvalue weighted by Crippen LogP contribution is -2.38. The SMILES string of the molecule is Cc1nc2ccc(C(=O)Nc3ccc4c(ccn4CCN4CCOCC4)c3)cc2nc1C. The van der Waals surface area contributed by atoms with Crippen LogP contribution in [-0.2, 0) is 11.3 Å². The zero-order valence-corrected chi connectivity index (χ0v) is 18.5. The molecule has 1 amide bonds. The van der Waals surface area contributed by atoms with Gasteiger partial charge in [-0.1, -0.05) is 0 Å². The van der Waals surface area contributed by atoms with E-state index in [0.29, 0.717) is 5.56 Å². The summed E-state index contributed by atoms with van der Waals surface area (Å²) in [7, 11) is 0. The molecule has 1 aliphatic rings. The van der Waals surface area contributed by atoms with Crippen molar-refractivity contribution < 1.29 is 9.53 Å². The number of benzene rings is 2. The second-order valence-electron chi connectivity index (χ2n) is 8.29. The van der Waals surface area contributed by atoms with Crippen LogP contribution < -0.4 is 5.32 Å². The van der Waals surface area contributed by atoms with Crippen molar-refractivity contribution in [2.24, 2.45) is 0 Å². The number of ether oxygens (including phenoxy) is 1. The van der Waals surface area contributed by atoms with E-state index in [1.165, 1.54) is 5.52 Å². The number of aryl methyl sites for hydroxylation is 2. The first-order valence-corrected chi connectivity index (χ1v) is 11.0. The quantitative estimate of drug-likeness (QED) is 0.523. The number of nitrogens with one attached hydrogen (secondary N) is 1. The molecule has 7 nitrogen and oxygen atoms in total. The van der Waals surface area contributed by atoms with Gasteiger partial charge in [-0.15, -0.1) is 0 Å². The van der Waals surface area contributed by atoms with E-state index in [4.69, 9.17) is 4.74 Å². The van der Waals surface area contributed by atoms with Crippen LogP contribution in [0.2, 0.25) is 0 Å². The summed E-state index contributed by atoms with van der Waals surface area (Å²) in [5.74, 6) is -0.155. The van der Waals surface area contributed by atoms with E-state index < -0.39 is 0 Å². The maximum atomic E-state index is 12.8. The number of amides is 1. The summed E-state index contributed by atoms with van der Waals surface area (Å²) in [6.45, 7) is 9.44. The number of morpholine rings is 1. The van der Waals surface area contributed by atoms with Crippen molar-refractivity contribution >= 4 is 33.5 Å². The van der Waals surface area contributed by atoms with Gasteiger partial charge in [0.2, 0.25) is 0 Å². The average Bonchev–Trinajstić information content (AvgIpc) is 3.21. The first-order chi connectivity index (χ1) is 15.6. The molecule has 0 atom stereocenters. The summed E-state index contributed by atoms with van der Waals surface area (Å²) in [5, 5.41) is 4.13. The fourth-order valence-electron chi connectivity index (χ4n) is 4.12. The van der Waals surface area contributed by atoms with Gasteiger partial charge in [-0.3, -0.25) is 9.69 Å². The van der Waals surface area contributed by atoms with Gasteiger partial charge in [0.15, 0.2) is 0 Å². The number of hydrogen-bond acceptors (Lipinski definition) is 5. The Balaban J connectivity index is 1.30. The fourth-order valence-corrected chi connectivity index (χ4v) is 4.12. The van der Waals surface area contributed by atoms with Gasteiger partial charge in [-0.2, -0.15) is 0 Å². The van der Waals surface area contributed by atoms with E-state index >= 15 is 0 Å². The van der Waals surface area contributed by atoms with Gasteiger partial charge < -0.3 is 14.6 Å². The number of fused-ring (bicyclic) bond motifs is 2. The Kier molecular flexibility index (Phi) is 5.59. The van der Waals surface area contributed by atoms with Crippen molar-refractivity contribution in [3.8, 4) is 0 Å². The summed E-state index contributed by atoms with van der Waals surface area (Å²) < 4.78 is 7.69. The number of anilines is 1. The van der Waals surface area contributed by atoms with E-state index in [1.54, 1.807) is 12.1 Å². The van der Waals surface area contributed by atoms with Crippen molar-refractivity contribution in [3.05, 3.63) is 65.6 Å². The highest BCUT2D eigenvalue weighted by molar-refractivity contribution is 6.06. The summed E-state index contributed by atoms with van der Waals surface area (Å²) in [5.41, 5.74) is 5.82. The fraction of sp³-hybridized carbons (Fsp3) is 0.320. The van der Waals surface area contributed by atoms with Gasteiger partial charge in [-0.25, -0.2) is 9.97 Å². The normalized spacial score (nSPS) is 14.8. The van der Waals surface area contributed by atoms with E-state index in [-0.39, 0.29) is 5.91 Å². The average molecular weight is 430 g/mol. The Morgan fingerprint density at radius 2 is 1.75 bits per heavy atom. The highest BCUT2D eigenvalue weighted by Crippen LogP contribution is 2.22. The number of aromatic nitrogens is 3. The van der Waals surface area contributed by atoms with Gasteiger partial charge in [0.25, 0.3) is 5.91 Å². The van der Waals surface area contributed by atoms with Crippen molar-refractivity contribution in [2.75, 3.05) is 38.2 Å². The molecule has 0 bridgehead atoms. The highest BCUT2D eigenvalue weighted by Gasteiger charge is 2.12. The summed E-state index contributed by atoms with van der Waals surface area (Å²) in [6, 6.07) is 13.6. The molecule has 7 heteroatoms. The second-order valence-corrected chi connectivity index (χ2v) is 8.29. The highest BCUT2D eigenvalue weighted by atomic mass is 16.5. The lowest BCUT2D eigenvalue weighted by Gasteiger charge is -2.26. The Bertz CT molecular complexity index is 1290. The van der Waals surface area contributed by atoms with Crippen LogP contribution in [0.4, 0.5) is 5.69 Å². The molecule has 5 rings (SSSR count). The predicted octanol–water partition coefficient (Wildman–Crippen LogP) is 3.79. The van der Waals surface area contributed by atoms with E-state index in [2.05, 4.69) is 43.1 Å². The van der Waals surface area contributed by atoms with Crippen molar-refractivity contribution in [3.63, 3.8) is 0 Å². The largest absolute Gasteiger partial charge is 0.379 e. The smallest absolute Gasteiger partial charge is 0.255 e. The maximum Gasteiger partial charge on any atom is 0.255 e. The van der Waals surface area contributed by atoms with E-state index in [0.717, 1.165) is 72.9 Å². The lowest BCUT2D eigenvalue weighted by atomic mass is 10.1. The number of hydrogen-bond donors (Lipinski definition) is 1. The number of nitrogens with zero attached hydrogens (tertiary/aromatic N) is 4. The minimum absolute atomic E-state index is 0.155. The van der Waals surface area contributed by atoms with Crippen molar-refractivity contribution in [1.29, 1.82) is 0 Å². The first kappa shape index (κ1) is 20.6. The molecule has 164 valence electrons. The summed E-state index contributed by atoms with van der Waals surface area (Å²) in [6.07, 6.45) is 2.11. The molecule has 1 aliphatic heterocycles. The molecule has 0 radical (unpaired) electrons. The Morgan fingerprint density at radius 3 is 2.56 bits per heavy atom. The van der Waals surface area contributed by atoms with Crippen molar-refractivity contribution in [2.45, 2.75) is 20.4 Å². The van der Waals surface area contributed by atoms with Crippen molar-refractivity contribution in [1.82, 2.24) is 19.4 Å². The monoisotopic (exact) mass is 429 g/mol. The second kappa shape index (κ2) is 8.68. The van der Waals surface area contributed by atoms with Crippen LogP contribution in [0.5, 0.6) is 0 Å². The molecule has 4 aromatic rings. The molecule has 1 fully saturated rings. The van der Waals surface area contributed by atoms with Crippen LogP contribution in [-0.4, -0.2) is 58.2 Å². The number of carbonyl (C=O) groups is 1. The van der Waals surface area contributed by atoms with Crippen LogP contribution in [0.15, 0.2) is 48.7 Å². The molecule has 32 heavy (non-hydrogen) atoms. The van der Waals surface area contributed by atoms with Gasteiger partial charge >= 0.3 is 0 Å². The molecule has 1 saturated heterocycles. The van der Waals surface area contributed by atoms with Gasteiger partial charge in [0, 0.05) is 54.5 Å². The zero-order valence-electron chi connectivity index (χ0n) is 18.5. The number of carbonyl (C=O) groups excluding carboxylic acids is 1. The molecule has 3 heterocycles. The third-order valence-corrected chi connectivity index (χ3v) is 6.13. The van der Waals surface area contributed by atoms with Crippen LogP contribution in [0, 0.1) is 13.8 Å². The van der Waals surface area contributed by atoms with Gasteiger partial charge in [-0.05, 0) is 56.3 Å². The lowest BCUT2D eigenvalue weighted by molar-refractivity contribution is 0.0365. The van der Waals surface area contributed by atoms with E-state index in [1.807, 2.05) is 32.0 Å². The summed E-state index contributed by atoms with van der Waals surface area (Å²) in [4.78, 5) is 24.4. The van der Waals surface area contributed by atoms with Crippen LogP contribution >= 0.6 is 0 Å². The molecular weight excluding hydrogens is 402 g/mol. The Hall–Kier alpha value is -3.29. The molecule has 1 N–H and O–H groups in total. The predicted molar refractivity (Wildman–Crippen MR) is 126 cm³/mol. The molecule has 2 aromatic carbocycles. The number of rotatable bonds is 5. The third-order valence-electron chi connectivity index (χ3n) is 6.13. The maximum absolute atomic E-state index is 12.8. The van der Waals surface area contributed by atoms with E-state index in [9.17, 15) is 4.79 Å². The summed E-state index contributed by atoms with van der Waals surface area (Å²) >= 11 is 0. The standard InChI is InChI=1S/C25H27N5O2/c1-17-18(2)27-23-16-20(3-5-22(23)26-17)25(31)28-21-4-6-24-19(15-21)7-8-30(24)10-9-29-11-13-32-14-12-29/h3-8,15-16H,9-14H2,1-2H3,(H,28,31). The van der Waals surface area contributed by atoms with Crippen LogP contribution in [0.1, 0.15) is 21.7 Å². The van der Waals surface area contributed by atoms with Crippen LogP contribution in [0.3, 0.4) is 0 Å². The molecular formula is C25H27N5O2. The molecule has 0 aliphatic carbocycles. The minimum Gasteiger partial charge on any atom is -0.379 e. The molecule has 0 saturated carbocycles. The Morgan fingerprint density at radius 1 is 0.969 bits per heavy atom. The molecule has 0 unspecified atom stereocenters. The zero-order chi connectivity index (χ0) is 22.1. The first-order valence-electron chi connectivity index (χ1n) is 11.0. The topological polar surface area (TPSA) is 72.3 Å². The van der Waals surface area contributed by atoms with Gasteiger partial charge in [0.05, 0.1) is 35.6 Å². The van der Waals surface area contributed by atoms with Crippen LogP contribution in [0.25, 0.3) is 21.9 Å².